The average Bonchev–Trinajstić information content (AvgIpc) is 2.96. The molecule has 0 bridgehead atoms. The van der Waals surface area contributed by atoms with E-state index in [2.05, 4.69) is 15.6 Å². The topological polar surface area (TPSA) is 105 Å². The first-order chi connectivity index (χ1) is 12.9. The van der Waals surface area contributed by atoms with Gasteiger partial charge in [-0.2, -0.15) is 8.42 Å². The van der Waals surface area contributed by atoms with Crippen LogP contribution in [-0.2, 0) is 24.3 Å². The van der Waals surface area contributed by atoms with Crippen LogP contribution in [0.3, 0.4) is 0 Å². The monoisotopic (exact) mass is 389 g/mol. The Kier molecular flexibility index (Phi) is 5.46. The number of terminal acetylenes is 1. The number of amidine groups is 1. The van der Waals surface area contributed by atoms with Crippen LogP contribution in [-0.4, -0.2) is 57.3 Å². The van der Waals surface area contributed by atoms with Crippen LogP contribution in [0.15, 0.2) is 33.6 Å². The quantitative estimate of drug-likeness (QED) is 0.580. The smallest absolute Gasteiger partial charge is 0.311 e. The summed E-state index contributed by atoms with van der Waals surface area (Å²) in [5, 5.41) is 2.42. The first-order valence-corrected chi connectivity index (χ1v) is 9.92. The van der Waals surface area contributed by atoms with Crippen molar-refractivity contribution in [1.29, 1.82) is 0 Å². The Hall–Kier alpha value is -2.86. The number of benzene rings is 1. The Labute approximate surface area is 157 Å². The number of nitrogens with zero attached hydrogens (tertiary/aromatic N) is 2. The molecule has 27 heavy (non-hydrogen) atoms. The first-order valence-electron chi connectivity index (χ1n) is 8.48. The molecule has 0 aliphatic carbocycles. The van der Waals surface area contributed by atoms with Gasteiger partial charge in [0, 0.05) is 18.7 Å². The summed E-state index contributed by atoms with van der Waals surface area (Å²) in [7, 11) is -3.71. The van der Waals surface area contributed by atoms with Gasteiger partial charge in [0.25, 0.3) is 15.9 Å². The van der Waals surface area contributed by atoms with Crippen LogP contribution in [0.5, 0.6) is 0 Å². The highest BCUT2D eigenvalue weighted by Gasteiger charge is 2.35. The fourth-order valence-electron chi connectivity index (χ4n) is 3.13. The maximum atomic E-state index is 12.3. The van der Waals surface area contributed by atoms with Crippen molar-refractivity contribution in [2.45, 2.75) is 17.7 Å². The number of rotatable bonds is 4. The van der Waals surface area contributed by atoms with Gasteiger partial charge in [0.05, 0.1) is 12.5 Å². The number of sulfonamides is 1. The van der Waals surface area contributed by atoms with E-state index in [1.807, 2.05) is 0 Å². The maximum absolute atomic E-state index is 12.3. The molecule has 1 atom stereocenters. The molecule has 0 spiro atoms. The van der Waals surface area contributed by atoms with Crippen molar-refractivity contribution >= 4 is 27.7 Å². The molecule has 3 rings (SSSR count). The van der Waals surface area contributed by atoms with Gasteiger partial charge in [-0.3, -0.25) is 9.59 Å². The largest absolute Gasteiger partial charge is 0.455 e. The summed E-state index contributed by atoms with van der Waals surface area (Å²) in [6, 6.07) is 6.62. The van der Waals surface area contributed by atoms with Crippen LogP contribution in [0.1, 0.15) is 18.4 Å². The molecule has 0 aromatic heterocycles. The summed E-state index contributed by atoms with van der Waals surface area (Å²) in [6.07, 6.45) is 6.33. The van der Waals surface area contributed by atoms with Crippen molar-refractivity contribution in [2.24, 2.45) is 10.3 Å². The van der Waals surface area contributed by atoms with Gasteiger partial charge in [0.1, 0.15) is 4.90 Å². The number of carbonyl (C=O) groups excluding carboxylic acids is 2. The van der Waals surface area contributed by atoms with Gasteiger partial charge in [-0.05, 0) is 25.0 Å². The molecule has 1 aromatic rings. The maximum Gasteiger partial charge on any atom is 0.311 e. The minimum atomic E-state index is -3.71. The zero-order valence-corrected chi connectivity index (χ0v) is 15.4. The SMILES string of the molecule is C#CCNC(=O)COC(=O)[C@H]1CCCN(C2=NS(=O)(=O)c3ccccc32)C1. The second-order valence-corrected chi connectivity index (χ2v) is 7.83. The zero-order chi connectivity index (χ0) is 19.4. The van der Waals surface area contributed by atoms with E-state index in [0.717, 1.165) is 0 Å². The molecule has 1 N–H and O–H groups in total. The van der Waals surface area contributed by atoms with E-state index < -0.39 is 34.4 Å². The number of piperidine rings is 1. The molecule has 1 aromatic carbocycles. The van der Waals surface area contributed by atoms with E-state index in [0.29, 0.717) is 30.8 Å². The molecule has 0 saturated carbocycles. The van der Waals surface area contributed by atoms with E-state index in [-0.39, 0.29) is 18.0 Å². The molecule has 2 aliphatic rings. The number of fused-ring (bicyclic) bond motifs is 1. The fraction of sp³-hybridized carbons (Fsp3) is 0.389. The highest BCUT2D eigenvalue weighted by Crippen LogP contribution is 2.29. The summed E-state index contributed by atoms with van der Waals surface area (Å²) in [5.74, 6) is 1.20. The van der Waals surface area contributed by atoms with Crippen LogP contribution in [0, 0.1) is 18.3 Å². The van der Waals surface area contributed by atoms with Crippen LogP contribution in [0.2, 0.25) is 0 Å². The van der Waals surface area contributed by atoms with Crippen LogP contribution in [0.4, 0.5) is 0 Å². The summed E-state index contributed by atoms with van der Waals surface area (Å²) in [6.45, 7) is 0.555. The summed E-state index contributed by atoms with van der Waals surface area (Å²) in [5.41, 5.74) is 0.542. The van der Waals surface area contributed by atoms with Crippen molar-refractivity contribution in [3.63, 3.8) is 0 Å². The molecular formula is C18H19N3O5S. The molecule has 1 saturated heterocycles. The average molecular weight is 389 g/mol. The van der Waals surface area contributed by atoms with Gasteiger partial charge < -0.3 is 15.0 Å². The van der Waals surface area contributed by atoms with Gasteiger partial charge in [-0.15, -0.1) is 10.8 Å². The third kappa shape index (κ3) is 4.11. The number of amides is 1. The molecule has 0 radical (unpaired) electrons. The summed E-state index contributed by atoms with van der Waals surface area (Å²) < 4.78 is 33.4. The second kappa shape index (κ2) is 7.80. The van der Waals surface area contributed by atoms with E-state index in [1.54, 1.807) is 23.1 Å². The van der Waals surface area contributed by atoms with Crippen molar-refractivity contribution in [2.75, 3.05) is 26.2 Å². The number of nitrogens with one attached hydrogen (secondary N) is 1. The lowest BCUT2D eigenvalue weighted by Gasteiger charge is -2.32. The Morgan fingerprint density at radius 3 is 2.93 bits per heavy atom. The van der Waals surface area contributed by atoms with Crippen LogP contribution < -0.4 is 5.32 Å². The third-order valence-electron chi connectivity index (χ3n) is 4.40. The summed E-state index contributed by atoms with van der Waals surface area (Å²) in [4.78, 5) is 25.7. The van der Waals surface area contributed by atoms with E-state index in [1.165, 1.54) is 6.07 Å². The van der Waals surface area contributed by atoms with Gasteiger partial charge in [0.15, 0.2) is 12.4 Å². The van der Waals surface area contributed by atoms with Gasteiger partial charge in [-0.25, -0.2) is 0 Å². The lowest BCUT2D eigenvalue weighted by molar-refractivity contribution is -0.153. The molecule has 8 nitrogen and oxygen atoms in total. The molecular weight excluding hydrogens is 370 g/mol. The Bertz CT molecular complexity index is 933. The molecule has 1 fully saturated rings. The number of likely N-dealkylation sites (tertiary alicyclic amines) is 1. The Morgan fingerprint density at radius 1 is 1.37 bits per heavy atom. The van der Waals surface area contributed by atoms with E-state index in [4.69, 9.17) is 11.2 Å². The van der Waals surface area contributed by atoms with Gasteiger partial charge in [0.2, 0.25) is 0 Å². The predicted octanol–water partition coefficient (Wildman–Crippen LogP) is 0.140. The molecule has 142 valence electrons. The summed E-state index contributed by atoms with van der Waals surface area (Å²) >= 11 is 0. The highest BCUT2D eigenvalue weighted by atomic mass is 32.2. The number of hydrogen-bond donors (Lipinski definition) is 1. The van der Waals surface area contributed by atoms with Crippen LogP contribution in [0.25, 0.3) is 0 Å². The number of hydrogen-bond acceptors (Lipinski definition) is 6. The standard InChI is InChI=1S/C18H19N3O5S/c1-2-9-19-16(22)12-26-18(23)13-6-5-10-21(11-13)17-14-7-3-4-8-15(14)27(24,25)20-17/h1,3-4,7-8,13H,5-6,9-12H2,(H,19,22)/t13-/m0/s1. The minimum absolute atomic E-state index is 0.0707. The fourth-order valence-corrected chi connectivity index (χ4v) is 4.36. The number of carbonyl (C=O) groups is 2. The molecule has 0 unspecified atom stereocenters. The second-order valence-electron chi connectivity index (χ2n) is 6.26. The first kappa shape index (κ1) is 18.9. The number of ether oxygens (including phenoxy) is 1. The molecule has 2 aliphatic heterocycles. The zero-order valence-electron chi connectivity index (χ0n) is 14.6. The van der Waals surface area contributed by atoms with E-state index in [9.17, 15) is 18.0 Å². The van der Waals surface area contributed by atoms with Crippen molar-refractivity contribution < 1.29 is 22.7 Å². The minimum Gasteiger partial charge on any atom is -0.455 e. The van der Waals surface area contributed by atoms with E-state index >= 15 is 0 Å². The number of esters is 1. The Morgan fingerprint density at radius 2 is 2.15 bits per heavy atom. The van der Waals surface area contributed by atoms with Crippen LogP contribution >= 0.6 is 0 Å². The normalized spacial score (nSPS) is 20.2. The molecule has 2 heterocycles. The van der Waals surface area contributed by atoms with Gasteiger partial charge >= 0.3 is 5.97 Å². The molecule has 1 amide bonds. The third-order valence-corrected chi connectivity index (χ3v) is 5.73. The lowest BCUT2D eigenvalue weighted by Crippen LogP contribution is -2.43. The van der Waals surface area contributed by atoms with Crippen molar-refractivity contribution in [1.82, 2.24) is 10.2 Å². The predicted molar refractivity (Wildman–Crippen MR) is 97.3 cm³/mol. The van der Waals surface area contributed by atoms with Gasteiger partial charge in [-0.1, -0.05) is 18.1 Å². The molecule has 9 heteroatoms. The van der Waals surface area contributed by atoms with Crippen molar-refractivity contribution in [3.8, 4) is 12.3 Å². The lowest BCUT2D eigenvalue weighted by atomic mass is 9.97. The highest BCUT2D eigenvalue weighted by molar-refractivity contribution is 7.90. The Balaban J connectivity index is 1.66. The van der Waals surface area contributed by atoms with Crippen molar-refractivity contribution in [3.05, 3.63) is 29.8 Å².